The molecule has 9 heteroatoms. The predicted octanol–water partition coefficient (Wildman–Crippen LogP) is 3.97. The fraction of sp³-hybridized carbons (Fsp3) is 0.226. The van der Waals surface area contributed by atoms with Gasteiger partial charge in [-0.2, -0.15) is 9.61 Å². The number of amides is 1. The number of likely N-dealkylation sites (tertiary alicyclic amines) is 1. The van der Waals surface area contributed by atoms with Gasteiger partial charge < -0.3 is 20.8 Å². The zero-order chi connectivity index (χ0) is 27.6. The molecule has 1 saturated heterocycles. The predicted molar refractivity (Wildman–Crippen MR) is 152 cm³/mol. The highest BCUT2D eigenvalue weighted by Crippen LogP contribution is 2.35. The van der Waals surface area contributed by atoms with E-state index in [1.807, 2.05) is 48.5 Å². The minimum Gasteiger partial charge on any atom is -0.391 e. The summed E-state index contributed by atoms with van der Waals surface area (Å²) in [5.41, 5.74) is 12.5. The number of fused-ring (bicyclic) bond motifs is 1. The van der Waals surface area contributed by atoms with E-state index in [9.17, 15) is 15.0 Å². The molecule has 1 aliphatic rings. The van der Waals surface area contributed by atoms with Gasteiger partial charge in [0.15, 0.2) is 11.8 Å². The van der Waals surface area contributed by atoms with Gasteiger partial charge in [0.05, 0.1) is 24.2 Å². The number of nitrogen functional groups attached to an aromatic ring is 1. The summed E-state index contributed by atoms with van der Waals surface area (Å²) in [6, 6.07) is 22.9. The number of aromatic nitrogens is 4. The SMILES string of the molecule is Nc1c(CO)c(C2CCN(C(=O)[C@H](O)c3ccccc3)CC2)nc2c(-c3ccc(-c4ccccc4)nc3)cnn12. The second-order valence-electron chi connectivity index (χ2n) is 10.0. The molecule has 6 rings (SSSR count). The minimum atomic E-state index is -1.19. The quantitative estimate of drug-likeness (QED) is 0.301. The lowest BCUT2D eigenvalue weighted by molar-refractivity contribution is -0.141. The first-order chi connectivity index (χ1) is 19.5. The Balaban J connectivity index is 1.26. The number of nitrogens with zero attached hydrogens (tertiary/aromatic N) is 5. The van der Waals surface area contributed by atoms with Crippen LogP contribution in [0.1, 0.15) is 41.7 Å². The van der Waals surface area contributed by atoms with Gasteiger partial charge in [-0.25, -0.2) is 4.98 Å². The van der Waals surface area contributed by atoms with Gasteiger partial charge in [-0.15, -0.1) is 0 Å². The van der Waals surface area contributed by atoms with Crippen molar-refractivity contribution in [3.8, 4) is 22.4 Å². The van der Waals surface area contributed by atoms with Crippen molar-refractivity contribution in [3.05, 3.63) is 102 Å². The molecule has 1 fully saturated rings. The van der Waals surface area contributed by atoms with Crippen molar-refractivity contribution in [1.29, 1.82) is 0 Å². The average molecular weight is 535 g/mol. The number of hydrogen-bond acceptors (Lipinski definition) is 7. The summed E-state index contributed by atoms with van der Waals surface area (Å²) in [6.07, 6.45) is 3.61. The monoisotopic (exact) mass is 534 g/mol. The fourth-order valence-corrected chi connectivity index (χ4v) is 5.43. The zero-order valence-corrected chi connectivity index (χ0v) is 21.9. The third kappa shape index (κ3) is 4.70. The summed E-state index contributed by atoms with van der Waals surface area (Å²) in [4.78, 5) is 24.3. The lowest BCUT2D eigenvalue weighted by Crippen LogP contribution is -2.41. The molecule has 1 aliphatic heterocycles. The molecule has 40 heavy (non-hydrogen) atoms. The molecule has 0 unspecified atom stereocenters. The zero-order valence-electron chi connectivity index (χ0n) is 21.9. The van der Waals surface area contributed by atoms with Gasteiger partial charge in [0.1, 0.15) is 5.82 Å². The molecule has 2 aromatic carbocycles. The first-order valence-electron chi connectivity index (χ1n) is 13.4. The van der Waals surface area contributed by atoms with Gasteiger partial charge >= 0.3 is 0 Å². The molecule has 1 amide bonds. The lowest BCUT2D eigenvalue weighted by atomic mass is 9.90. The summed E-state index contributed by atoms with van der Waals surface area (Å²) in [5.74, 6) is 0.0359. The molecule has 0 saturated carbocycles. The van der Waals surface area contributed by atoms with E-state index in [0.29, 0.717) is 48.5 Å². The van der Waals surface area contributed by atoms with E-state index in [4.69, 9.17) is 10.7 Å². The van der Waals surface area contributed by atoms with Crippen LogP contribution < -0.4 is 5.73 Å². The van der Waals surface area contributed by atoms with Crippen LogP contribution in [0.3, 0.4) is 0 Å². The highest BCUT2D eigenvalue weighted by atomic mass is 16.3. The number of carbonyl (C=O) groups excluding carboxylic acids is 1. The Hall–Kier alpha value is -4.60. The molecule has 202 valence electrons. The number of piperidine rings is 1. The molecule has 3 aromatic heterocycles. The second kappa shape index (κ2) is 10.9. The number of hydrogen-bond donors (Lipinski definition) is 3. The topological polar surface area (TPSA) is 130 Å². The largest absolute Gasteiger partial charge is 0.391 e. The highest BCUT2D eigenvalue weighted by molar-refractivity contribution is 5.82. The van der Waals surface area contributed by atoms with Crippen molar-refractivity contribution in [2.75, 3.05) is 18.8 Å². The first-order valence-corrected chi connectivity index (χ1v) is 13.4. The number of aliphatic hydroxyl groups is 2. The molecule has 0 aliphatic carbocycles. The summed E-state index contributed by atoms with van der Waals surface area (Å²) in [7, 11) is 0. The summed E-state index contributed by atoms with van der Waals surface area (Å²) in [5, 5.41) is 25.3. The Morgan fingerprint density at radius 2 is 1.65 bits per heavy atom. The number of benzene rings is 2. The van der Waals surface area contributed by atoms with E-state index >= 15 is 0 Å². The van der Waals surface area contributed by atoms with Crippen molar-refractivity contribution in [2.24, 2.45) is 0 Å². The number of pyridine rings is 1. The van der Waals surface area contributed by atoms with Crippen LogP contribution in [0.4, 0.5) is 5.82 Å². The second-order valence-corrected chi connectivity index (χ2v) is 10.0. The van der Waals surface area contributed by atoms with Gasteiger partial charge in [0.2, 0.25) is 0 Å². The van der Waals surface area contributed by atoms with Crippen LogP contribution >= 0.6 is 0 Å². The normalized spacial score (nSPS) is 14.9. The van der Waals surface area contributed by atoms with Crippen molar-refractivity contribution in [1.82, 2.24) is 24.5 Å². The molecule has 0 bridgehead atoms. The molecular weight excluding hydrogens is 504 g/mol. The maximum atomic E-state index is 13.0. The average Bonchev–Trinajstić information content (AvgIpc) is 3.46. The molecule has 0 spiro atoms. The van der Waals surface area contributed by atoms with Gasteiger partial charge in [0.25, 0.3) is 5.91 Å². The van der Waals surface area contributed by atoms with E-state index in [1.54, 1.807) is 46.1 Å². The third-order valence-corrected chi connectivity index (χ3v) is 7.66. The number of rotatable bonds is 6. The molecule has 4 heterocycles. The molecule has 5 aromatic rings. The van der Waals surface area contributed by atoms with Crippen LogP contribution in [0.5, 0.6) is 0 Å². The van der Waals surface area contributed by atoms with Gasteiger partial charge in [-0.3, -0.25) is 9.78 Å². The maximum absolute atomic E-state index is 13.0. The molecule has 4 N–H and O–H groups in total. The molecule has 1 atom stereocenters. The standard InChI is InChI=1S/C31H30N6O3/c32-29-25(19-38)27(21-13-15-36(16-14-21)31(40)28(39)22-9-5-2-6-10-22)35-30-24(18-34-37(29)30)23-11-12-26(33-17-23)20-7-3-1-4-8-20/h1-12,17-18,21,28,38-39H,13-16,19,32H2/t28-/m1/s1. The summed E-state index contributed by atoms with van der Waals surface area (Å²) < 4.78 is 1.56. The van der Waals surface area contributed by atoms with Crippen LogP contribution in [0, 0.1) is 0 Å². The van der Waals surface area contributed by atoms with Crippen LogP contribution in [0.15, 0.2) is 85.2 Å². The minimum absolute atomic E-state index is 0.00583. The third-order valence-electron chi connectivity index (χ3n) is 7.66. The van der Waals surface area contributed by atoms with Crippen molar-refractivity contribution < 1.29 is 15.0 Å². The van der Waals surface area contributed by atoms with Gasteiger partial charge in [-0.05, 0) is 24.5 Å². The molecule has 0 radical (unpaired) electrons. The molecular formula is C31H30N6O3. The van der Waals surface area contributed by atoms with E-state index in [-0.39, 0.29) is 18.4 Å². The molecule has 9 nitrogen and oxygen atoms in total. The summed E-state index contributed by atoms with van der Waals surface area (Å²) >= 11 is 0. The smallest absolute Gasteiger partial charge is 0.256 e. The van der Waals surface area contributed by atoms with Crippen molar-refractivity contribution >= 4 is 17.4 Å². The Labute approximate surface area is 231 Å². The van der Waals surface area contributed by atoms with E-state index < -0.39 is 6.10 Å². The van der Waals surface area contributed by atoms with Crippen LogP contribution in [-0.4, -0.2) is 53.7 Å². The first kappa shape index (κ1) is 25.7. The number of nitrogens with two attached hydrogens (primary N) is 1. The highest BCUT2D eigenvalue weighted by Gasteiger charge is 2.31. The number of aliphatic hydroxyl groups excluding tert-OH is 2. The van der Waals surface area contributed by atoms with Crippen LogP contribution in [0.2, 0.25) is 0 Å². The van der Waals surface area contributed by atoms with E-state index in [1.165, 1.54) is 0 Å². The Kier molecular flexibility index (Phi) is 6.98. The van der Waals surface area contributed by atoms with Crippen molar-refractivity contribution in [3.63, 3.8) is 0 Å². The fourth-order valence-electron chi connectivity index (χ4n) is 5.43. The number of anilines is 1. The van der Waals surface area contributed by atoms with Crippen molar-refractivity contribution in [2.45, 2.75) is 31.5 Å². The summed E-state index contributed by atoms with van der Waals surface area (Å²) in [6.45, 7) is 0.683. The number of carbonyl (C=O) groups is 1. The van der Waals surface area contributed by atoms with Crippen LogP contribution in [-0.2, 0) is 11.4 Å². The Morgan fingerprint density at radius 3 is 2.30 bits per heavy atom. The van der Waals surface area contributed by atoms with E-state index in [0.717, 1.165) is 28.1 Å². The Bertz CT molecular complexity index is 1630. The van der Waals surface area contributed by atoms with Crippen LogP contribution in [0.25, 0.3) is 28.0 Å². The lowest BCUT2D eigenvalue weighted by Gasteiger charge is -2.33. The van der Waals surface area contributed by atoms with Gasteiger partial charge in [0, 0.05) is 47.5 Å². The maximum Gasteiger partial charge on any atom is 0.256 e. The van der Waals surface area contributed by atoms with E-state index in [2.05, 4.69) is 10.1 Å². The Morgan fingerprint density at radius 1 is 0.950 bits per heavy atom. The van der Waals surface area contributed by atoms with Gasteiger partial charge in [-0.1, -0.05) is 66.7 Å².